The predicted molar refractivity (Wildman–Crippen MR) is 93.5 cm³/mol. The topological polar surface area (TPSA) is 72.2 Å². The summed E-state index contributed by atoms with van der Waals surface area (Å²) < 4.78 is 41.2. The SMILES string of the molecule is Cc1ccc(S(=O)(=O)N[C@H](c2ccc(F)cc2)[C@H](N)C(C)C)cc1. The molecule has 0 saturated heterocycles. The van der Waals surface area contributed by atoms with Crippen molar-refractivity contribution in [2.45, 2.75) is 37.8 Å². The standard InChI is InChI=1S/C18H23FN2O2S/c1-12(2)17(20)18(14-6-8-15(19)9-7-14)21-24(22,23)16-10-4-13(3)5-11-16/h4-12,17-18,21H,20H2,1-3H3/t17-,18-/m1/s1. The Labute approximate surface area is 142 Å². The molecular formula is C18H23FN2O2S. The summed E-state index contributed by atoms with van der Waals surface area (Å²) in [4.78, 5) is 0.177. The third-order valence-electron chi connectivity index (χ3n) is 4.00. The van der Waals surface area contributed by atoms with Crippen LogP contribution in [0.15, 0.2) is 53.4 Å². The maximum absolute atomic E-state index is 13.2. The van der Waals surface area contributed by atoms with Gasteiger partial charge in [0.05, 0.1) is 10.9 Å². The maximum atomic E-state index is 13.2. The molecule has 0 radical (unpaired) electrons. The van der Waals surface area contributed by atoms with Crippen molar-refractivity contribution in [3.05, 3.63) is 65.5 Å². The van der Waals surface area contributed by atoms with E-state index in [2.05, 4.69) is 4.72 Å². The van der Waals surface area contributed by atoms with Gasteiger partial charge in [-0.15, -0.1) is 0 Å². The van der Waals surface area contributed by atoms with Crippen molar-refractivity contribution in [2.24, 2.45) is 11.7 Å². The largest absolute Gasteiger partial charge is 0.326 e. The first-order valence-electron chi connectivity index (χ1n) is 7.81. The lowest BCUT2D eigenvalue weighted by Gasteiger charge is -2.28. The Morgan fingerprint density at radius 2 is 1.54 bits per heavy atom. The molecule has 0 spiro atoms. The van der Waals surface area contributed by atoms with Crippen molar-refractivity contribution < 1.29 is 12.8 Å². The highest BCUT2D eigenvalue weighted by Gasteiger charge is 2.28. The molecule has 0 unspecified atom stereocenters. The van der Waals surface area contributed by atoms with E-state index in [-0.39, 0.29) is 16.6 Å². The van der Waals surface area contributed by atoms with Gasteiger partial charge in [0.15, 0.2) is 0 Å². The molecule has 2 atom stereocenters. The number of aryl methyl sites for hydroxylation is 1. The van der Waals surface area contributed by atoms with Crippen LogP contribution >= 0.6 is 0 Å². The van der Waals surface area contributed by atoms with Crippen molar-refractivity contribution in [2.75, 3.05) is 0 Å². The number of hydrogen-bond acceptors (Lipinski definition) is 3. The molecule has 2 rings (SSSR count). The Balaban J connectivity index is 2.37. The smallest absolute Gasteiger partial charge is 0.241 e. The van der Waals surface area contributed by atoms with Crippen LogP contribution in [-0.2, 0) is 10.0 Å². The van der Waals surface area contributed by atoms with E-state index in [9.17, 15) is 12.8 Å². The van der Waals surface area contributed by atoms with Crippen LogP contribution in [0.4, 0.5) is 4.39 Å². The summed E-state index contributed by atoms with van der Waals surface area (Å²) >= 11 is 0. The van der Waals surface area contributed by atoms with Gasteiger partial charge in [0.2, 0.25) is 10.0 Å². The minimum Gasteiger partial charge on any atom is -0.326 e. The summed E-state index contributed by atoms with van der Waals surface area (Å²) in [6.45, 7) is 5.72. The van der Waals surface area contributed by atoms with Crippen LogP contribution in [0.3, 0.4) is 0 Å². The molecule has 0 aliphatic carbocycles. The molecule has 3 N–H and O–H groups in total. The second-order valence-corrected chi connectivity index (χ2v) is 8.00. The van der Waals surface area contributed by atoms with Crippen LogP contribution in [0.2, 0.25) is 0 Å². The Bertz CT molecular complexity index is 772. The lowest BCUT2D eigenvalue weighted by atomic mass is 9.93. The average Bonchev–Trinajstić information content (AvgIpc) is 2.53. The van der Waals surface area contributed by atoms with Crippen LogP contribution in [0, 0.1) is 18.7 Å². The molecule has 0 fully saturated rings. The number of rotatable bonds is 6. The van der Waals surface area contributed by atoms with Gasteiger partial charge in [-0.25, -0.2) is 17.5 Å². The summed E-state index contributed by atoms with van der Waals surface area (Å²) in [7, 11) is -3.74. The van der Waals surface area contributed by atoms with Gasteiger partial charge in [-0.3, -0.25) is 0 Å². The molecule has 0 saturated carbocycles. The van der Waals surface area contributed by atoms with E-state index in [1.165, 1.54) is 12.1 Å². The van der Waals surface area contributed by atoms with Crippen LogP contribution in [0.5, 0.6) is 0 Å². The predicted octanol–water partition coefficient (Wildman–Crippen LogP) is 3.14. The van der Waals surface area contributed by atoms with E-state index in [0.717, 1.165) is 5.56 Å². The average molecular weight is 350 g/mol. The van der Waals surface area contributed by atoms with Gasteiger partial charge in [0.1, 0.15) is 5.82 Å². The third-order valence-corrected chi connectivity index (χ3v) is 5.45. The maximum Gasteiger partial charge on any atom is 0.241 e. The highest BCUT2D eigenvalue weighted by atomic mass is 32.2. The van der Waals surface area contributed by atoms with Crippen molar-refractivity contribution >= 4 is 10.0 Å². The second kappa shape index (κ2) is 7.42. The number of sulfonamides is 1. The van der Waals surface area contributed by atoms with E-state index in [4.69, 9.17) is 5.73 Å². The Hall–Kier alpha value is -1.76. The highest BCUT2D eigenvalue weighted by molar-refractivity contribution is 7.89. The van der Waals surface area contributed by atoms with Crippen molar-refractivity contribution in [3.8, 4) is 0 Å². The first kappa shape index (κ1) is 18.6. The zero-order valence-corrected chi connectivity index (χ0v) is 14.8. The molecular weight excluding hydrogens is 327 g/mol. The molecule has 0 aliphatic rings. The Morgan fingerprint density at radius 3 is 2.04 bits per heavy atom. The summed E-state index contributed by atoms with van der Waals surface area (Å²) in [6, 6.07) is 11.2. The zero-order valence-electron chi connectivity index (χ0n) is 14.0. The quantitative estimate of drug-likeness (QED) is 0.841. The third kappa shape index (κ3) is 4.41. The van der Waals surface area contributed by atoms with Gasteiger partial charge < -0.3 is 5.73 Å². The summed E-state index contributed by atoms with van der Waals surface area (Å²) in [6.07, 6.45) is 0. The van der Waals surface area contributed by atoms with Crippen LogP contribution in [-0.4, -0.2) is 14.5 Å². The highest BCUT2D eigenvalue weighted by Crippen LogP contribution is 2.24. The molecule has 2 aromatic carbocycles. The van der Waals surface area contributed by atoms with Gasteiger partial charge in [-0.1, -0.05) is 43.7 Å². The Morgan fingerprint density at radius 1 is 1.00 bits per heavy atom. The number of nitrogens with one attached hydrogen (secondary N) is 1. The van der Waals surface area contributed by atoms with E-state index >= 15 is 0 Å². The fourth-order valence-corrected chi connectivity index (χ4v) is 3.63. The van der Waals surface area contributed by atoms with Crippen LogP contribution in [0.1, 0.15) is 31.0 Å². The van der Waals surface area contributed by atoms with Crippen molar-refractivity contribution in [3.63, 3.8) is 0 Å². The molecule has 0 amide bonds. The number of hydrogen-bond donors (Lipinski definition) is 2. The molecule has 4 nitrogen and oxygen atoms in total. The number of halogens is 1. The van der Waals surface area contributed by atoms with Gasteiger partial charge in [-0.05, 0) is 42.7 Å². The fourth-order valence-electron chi connectivity index (χ4n) is 2.38. The molecule has 2 aromatic rings. The summed E-state index contributed by atoms with van der Waals surface area (Å²) in [5.41, 5.74) is 7.83. The van der Waals surface area contributed by atoms with Gasteiger partial charge in [-0.2, -0.15) is 0 Å². The van der Waals surface area contributed by atoms with E-state index < -0.39 is 22.1 Å². The fraction of sp³-hybridized carbons (Fsp3) is 0.333. The zero-order chi connectivity index (χ0) is 17.9. The molecule has 0 bridgehead atoms. The number of nitrogens with two attached hydrogens (primary N) is 1. The Kier molecular flexibility index (Phi) is 5.74. The van der Waals surface area contributed by atoms with Gasteiger partial charge in [0, 0.05) is 6.04 Å². The minimum absolute atomic E-state index is 0.0424. The molecule has 0 aliphatic heterocycles. The van der Waals surface area contributed by atoms with Crippen molar-refractivity contribution in [1.29, 1.82) is 0 Å². The van der Waals surface area contributed by atoms with E-state index in [0.29, 0.717) is 5.56 Å². The normalized spacial score (nSPS) is 14.6. The molecule has 0 heterocycles. The molecule has 0 aromatic heterocycles. The van der Waals surface area contributed by atoms with E-state index in [1.54, 1.807) is 36.4 Å². The minimum atomic E-state index is -3.74. The molecule has 24 heavy (non-hydrogen) atoms. The van der Waals surface area contributed by atoms with Crippen molar-refractivity contribution in [1.82, 2.24) is 4.72 Å². The second-order valence-electron chi connectivity index (χ2n) is 6.28. The van der Waals surface area contributed by atoms with Crippen LogP contribution in [0.25, 0.3) is 0 Å². The number of benzene rings is 2. The first-order valence-corrected chi connectivity index (χ1v) is 9.29. The summed E-state index contributed by atoms with van der Waals surface area (Å²) in [5, 5.41) is 0. The van der Waals surface area contributed by atoms with E-state index in [1.807, 2.05) is 20.8 Å². The van der Waals surface area contributed by atoms with Gasteiger partial charge >= 0.3 is 0 Å². The summed E-state index contributed by atoms with van der Waals surface area (Å²) in [5.74, 6) is -0.335. The first-order chi connectivity index (χ1) is 11.2. The monoisotopic (exact) mass is 350 g/mol. The molecule has 6 heteroatoms. The van der Waals surface area contributed by atoms with Gasteiger partial charge in [0.25, 0.3) is 0 Å². The lowest BCUT2D eigenvalue weighted by molar-refractivity contribution is 0.398. The lowest BCUT2D eigenvalue weighted by Crippen LogP contribution is -2.43. The van der Waals surface area contributed by atoms with Crippen LogP contribution < -0.4 is 10.5 Å². The molecule has 130 valence electrons.